The lowest BCUT2D eigenvalue weighted by Crippen LogP contribution is -2.33. The molecule has 0 bridgehead atoms. The molecule has 0 saturated carbocycles. The molecule has 1 aromatic carbocycles. The van der Waals surface area contributed by atoms with E-state index in [1.54, 1.807) is 7.05 Å². The lowest BCUT2D eigenvalue weighted by Gasteiger charge is -2.24. The summed E-state index contributed by atoms with van der Waals surface area (Å²) in [6, 6.07) is 5.70. The average molecular weight is 374 g/mol. The number of aromatic nitrogens is 2. The molecule has 0 spiro atoms. The van der Waals surface area contributed by atoms with E-state index in [0.717, 1.165) is 16.8 Å². The van der Waals surface area contributed by atoms with E-state index in [1.807, 2.05) is 36.9 Å². The monoisotopic (exact) mass is 374 g/mol. The van der Waals surface area contributed by atoms with Crippen molar-refractivity contribution in [3.63, 3.8) is 0 Å². The molecule has 2 aromatic rings. The molecule has 1 aliphatic heterocycles. The Morgan fingerprint density at radius 2 is 1.88 bits per heavy atom. The summed E-state index contributed by atoms with van der Waals surface area (Å²) >= 11 is 0. The summed E-state index contributed by atoms with van der Waals surface area (Å²) in [5, 5.41) is 2.87. The molecule has 1 aliphatic rings. The van der Waals surface area contributed by atoms with E-state index in [2.05, 4.69) is 15.3 Å². The summed E-state index contributed by atoms with van der Waals surface area (Å²) in [5.74, 6) is 0.550. The number of amides is 1. The molecule has 1 unspecified atom stereocenters. The van der Waals surface area contributed by atoms with Gasteiger partial charge in [-0.25, -0.2) is 18.4 Å². The Balaban J connectivity index is 1.72. The van der Waals surface area contributed by atoms with Gasteiger partial charge in [0.1, 0.15) is 11.5 Å². The van der Waals surface area contributed by atoms with Gasteiger partial charge < -0.3 is 10.2 Å². The first-order valence-corrected chi connectivity index (χ1v) is 10.2. The summed E-state index contributed by atoms with van der Waals surface area (Å²) in [4.78, 5) is 22.7. The van der Waals surface area contributed by atoms with Gasteiger partial charge in [-0.1, -0.05) is 18.2 Å². The number of para-hydroxylation sites is 1. The zero-order chi connectivity index (χ0) is 18.9. The number of anilines is 2. The number of hydrogen-bond acceptors (Lipinski definition) is 6. The van der Waals surface area contributed by atoms with Crippen molar-refractivity contribution >= 4 is 27.2 Å². The van der Waals surface area contributed by atoms with Gasteiger partial charge in [0.15, 0.2) is 9.84 Å². The van der Waals surface area contributed by atoms with Crippen molar-refractivity contribution in [3.8, 4) is 0 Å². The van der Waals surface area contributed by atoms with Crippen LogP contribution in [0.15, 0.2) is 30.6 Å². The number of nitrogens with zero attached hydrogens (tertiary/aromatic N) is 3. The Morgan fingerprint density at radius 3 is 2.42 bits per heavy atom. The Morgan fingerprint density at radius 1 is 1.19 bits per heavy atom. The van der Waals surface area contributed by atoms with E-state index >= 15 is 0 Å². The van der Waals surface area contributed by atoms with E-state index in [0.29, 0.717) is 12.2 Å². The summed E-state index contributed by atoms with van der Waals surface area (Å²) < 4.78 is 23.3. The van der Waals surface area contributed by atoms with Gasteiger partial charge >= 0.3 is 0 Å². The van der Waals surface area contributed by atoms with Crippen molar-refractivity contribution in [2.75, 3.05) is 28.8 Å². The van der Waals surface area contributed by atoms with Gasteiger partial charge in [0, 0.05) is 18.8 Å². The average Bonchev–Trinajstić information content (AvgIpc) is 2.97. The highest BCUT2D eigenvalue weighted by Crippen LogP contribution is 2.22. The van der Waals surface area contributed by atoms with Gasteiger partial charge in [-0.05, 0) is 31.4 Å². The van der Waals surface area contributed by atoms with Crippen LogP contribution in [-0.4, -0.2) is 48.9 Å². The van der Waals surface area contributed by atoms with Crippen LogP contribution in [0.25, 0.3) is 0 Å². The van der Waals surface area contributed by atoms with E-state index < -0.39 is 9.84 Å². The smallest absolute Gasteiger partial charge is 0.275 e. The second kappa shape index (κ2) is 7.03. The van der Waals surface area contributed by atoms with Gasteiger partial charge in [0.25, 0.3) is 5.91 Å². The molecular weight excluding hydrogens is 352 g/mol. The molecule has 7 nitrogen and oxygen atoms in total. The van der Waals surface area contributed by atoms with E-state index in [4.69, 9.17) is 0 Å². The molecule has 1 saturated heterocycles. The predicted octanol–water partition coefficient (Wildman–Crippen LogP) is 1.97. The van der Waals surface area contributed by atoms with Crippen molar-refractivity contribution < 1.29 is 13.2 Å². The number of rotatable bonds is 4. The molecule has 1 aromatic heterocycles. The quantitative estimate of drug-likeness (QED) is 0.880. The minimum absolute atomic E-state index is 0.108. The minimum Gasteiger partial charge on any atom is -0.354 e. The highest BCUT2D eigenvalue weighted by Gasteiger charge is 2.31. The minimum atomic E-state index is -2.97. The molecule has 0 aliphatic carbocycles. The van der Waals surface area contributed by atoms with Crippen LogP contribution >= 0.6 is 0 Å². The molecule has 2 heterocycles. The number of hydrogen-bond donors (Lipinski definition) is 1. The number of carbonyl (C=O) groups is 1. The first kappa shape index (κ1) is 18.3. The fourth-order valence-electron chi connectivity index (χ4n) is 3.08. The van der Waals surface area contributed by atoms with Crippen molar-refractivity contribution in [1.29, 1.82) is 0 Å². The largest absolute Gasteiger partial charge is 0.354 e. The lowest BCUT2D eigenvalue weighted by atomic mass is 10.1. The zero-order valence-electron chi connectivity index (χ0n) is 15.1. The standard InChI is InChI=1S/C18H22N4O3S/c1-12-5-4-6-13(2)17(12)21-18(23)15-9-20-16(10-19-15)22(3)14-7-8-26(24,25)11-14/h4-6,9-10,14H,7-8,11H2,1-3H3,(H,21,23). The number of aryl methyl sites for hydroxylation is 2. The third kappa shape index (κ3) is 3.85. The van der Waals surface area contributed by atoms with Crippen LogP contribution in [0.1, 0.15) is 28.0 Å². The molecule has 3 rings (SSSR count). The van der Waals surface area contributed by atoms with Crippen LogP contribution in [-0.2, 0) is 9.84 Å². The van der Waals surface area contributed by atoms with E-state index in [1.165, 1.54) is 12.4 Å². The molecule has 26 heavy (non-hydrogen) atoms. The zero-order valence-corrected chi connectivity index (χ0v) is 15.9. The maximum absolute atomic E-state index is 12.4. The van der Waals surface area contributed by atoms with Gasteiger partial charge in [-0.15, -0.1) is 0 Å². The summed E-state index contributed by atoms with van der Waals surface area (Å²) in [5.41, 5.74) is 2.94. The molecule has 1 N–H and O–H groups in total. The second-order valence-electron chi connectivity index (χ2n) is 6.65. The Bertz CT molecular complexity index is 906. The molecule has 1 atom stereocenters. The van der Waals surface area contributed by atoms with Crippen LogP contribution < -0.4 is 10.2 Å². The van der Waals surface area contributed by atoms with Crippen LogP contribution in [0, 0.1) is 13.8 Å². The number of carbonyl (C=O) groups excluding carboxylic acids is 1. The number of benzene rings is 1. The van der Waals surface area contributed by atoms with Gasteiger partial charge in [-0.2, -0.15) is 0 Å². The number of nitrogens with one attached hydrogen (secondary N) is 1. The normalized spacial score (nSPS) is 18.5. The fraction of sp³-hybridized carbons (Fsp3) is 0.389. The fourth-order valence-corrected chi connectivity index (χ4v) is 4.85. The van der Waals surface area contributed by atoms with Gasteiger partial charge in [0.05, 0.1) is 23.9 Å². The molecule has 8 heteroatoms. The Kier molecular flexibility index (Phi) is 4.95. The Hall–Kier alpha value is -2.48. The van der Waals surface area contributed by atoms with Gasteiger partial charge in [-0.3, -0.25) is 4.79 Å². The van der Waals surface area contributed by atoms with Crippen LogP contribution in [0.5, 0.6) is 0 Å². The van der Waals surface area contributed by atoms with Crippen molar-refractivity contribution in [1.82, 2.24) is 9.97 Å². The second-order valence-corrected chi connectivity index (χ2v) is 8.88. The van der Waals surface area contributed by atoms with Crippen molar-refractivity contribution in [2.45, 2.75) is 26.3 Å². The van der Waals surface area contributed by atoms with Crippen LogP contribution in [0.2, 0.25) is 0 Å². The van der Waals surface area contributed by atoms with Crippen LogP contribution in [0.3, 0.4) is 0 Å². The topological polar surface area (TPSA) is 92.3 Å². The molecule has 138 valence electrons. The summed E-state index contributed by atoms with van der Waals surface area (Å²) in [6.45, 7) is 3.87. The SMILES string of the molecule is Cc1cccc(C)c1NC(=O)c1cnc(N(C)C2CCS(=O)(=O)C2)cn1. The highest BCUT2D eigenvalue weighted by atomic mass is 32.2. The molecule has 0 radical (unpaired) electrons. The maximum Gasteiger partial charge on any atom is 0.275 e. The van der Waals surface area contributed by atoms with Crippen molar-refractivity contribution in [2.24, 2.45) is 0 Å². The predicted molar refractivity (Wildman–Crippen MR) is 101 cm³/mol. The maximum atomic E-state index is 12.4. The van der Waals surface area contributed by atoms with Crippen molar-refractivity contribution in [3.05, 3.63) is 47.4 Å². The summed E-state index contributed by atoms with van der Waals surface area (Å²) in [7, 11) is -1.17. The first-order valence-electron chi connectivity index (χ1n) is 8.40. The molecule has 1 amide bonds. The third-order valence-electron chi connectivity index (χ3n) is 4.71. The molecule has 1 fully saturated rings. The number of sulfone groups is 1. The molecular formula is C18H22N4O3S. The van der Waals surface area contributed by atoms with Gasteiger partial charge in [0.2, 0.25) is 0 Å². The third-order valence-corrected chi connectivity index (χ3v) is 6.46. The highest BCUT2D eigenvalue weighted by molar-refractivity contribution is 7.91. The summed E-state index contributed by atoms with van der Waals surface area (Å²) in [6.07, 6.45) is 3.50. The van der Waals surface area contributed by atoms with E-state index in [9.17, 15) is 13.2 Å². The van der Waals surface area contributed by atoms with Crippen LogP contribution in [0.4, 0.5) is 11.5 Å². The Labute approximate surface area is 153 Å². The van der Waals surface area contributed by atoms with E-state index in [-0.39, 0.29) is 29.1 Å². The lowest BCUT2D eigenvalue weighted by molar-refractivity contribution is 0.102. The first-order chi connectivity index (χ1) is 12.3.